The summed E-state index contributed by atoms with van der Waals surface area (Å²) < 4.78 is 13.4. The van der Waals surface area contributed by atoms with Crippen molar-refractivity contribution >= 4 is 40.1 Å². The molecule has 2 heterocycles. The van der Waals surface area contributed by atoms with Gasteiger partial charge >= 0.3 is 0 Å². The molecule has 0 bridgehead atoms. The molecule has 4 rings (SSSR count). The summed E-state index contributed by atoms with van der Waals surface area (Å²) in [4.78, 5) is 17.4. The third-order valence-electron chi connectivity index (χ3n) is 4.96. The topological polar surface area (TPSA) is 95.9 Å². The lowest BCUT2D eigenvalue weighted by molar-refractivity contribution is 0.0196. The highest BCUT2D eigenvalue weighted by molar-refractivity contribution is 6.31. The first-order valence-electron chi connectivity index (χ1n) is 9.08. The van der Waals surface area contributed by atoms with Gasteiger partial charge in [0.25, 0.3) is 0 Å². The lowest BCUT2D eigenvalue weighted by atomic mass is 9.84. The van der Waals surface area contributed by atoms with Crippen LogP contribution in [0.1, 0.15) is 32.6 Å². The summed E-state index contributed by atoms with van der Waals surface area (Å²) in [5, 5.41) is 16.6. The molecule has 0 aliphatic heterocycles. The molecule has 28 heavy (non-hydrogen) atoms. The zero-order chi connectivity index (χ0) is 19.7. The number of nitrogens with one attached hydrogen (secondary N) is 2. The van der Waals surface area contributed by atoms with Gasteiger partial charge in [-0.25, -0.2) is 24.3 Å². The fraction of sp³-hybridized carbons (Fsp3) is 0.368. The molecule has 1 saturated carbocycles. The maximum atomic E-state index is 13.4. The summed E-state index contributed by atoms with van der Waals surface area (Å²) in [6.07, 6.45) is 6.21. The van der Waals surface area contributed by atoms with Crippen molar-refractivity contribution in [1.82, 2.24) is 19.9 Å². The van der Waals surface area contributed by atoms with Gasteiger partial charge in [-0.3, -0.25) is 0 Å². The van der Waals surface area contributed by atoms with E-state index in [1.165, 1.54) is 18.5 Å². The van der Waals surface area contributed by atoms with Gasteiger partial charge in [-0.05, 0) is 50.8 Å². The number of aliphatic hydroxyl groups is 1. The summed E-state index contributed by atoms with van der Waals surface area (Å²) in [5.74, 6) is 0.471. The lowest BCUT2D eigenvalue weighted by Gasteiger charge is -2.33. The number of anilines is 3. The minimum absolute atomic E-state index is 0.0218. The van der Waals surface area contributed by atoms with Gasteiger partial charge in [-0.15, -0.1) is 0 Å². The molecule has 146 valence electrons. The van der Waals surface area contributed by atoms with Gasteiger partial charge < -0.3 is 15.7 Å². The molecule has 0 unspecified atom stereocenters. The Kier molecular flexibility index (Phi) is 4.99. The SMILES string of the molecule is CC1(O)CCC(Nc2ncc3ncnc(Nc4ccc(F)c(Cl)c4)c3n2)CC1. The first-order chi connectivity index (χ1) is 13.4. The van der Waals surface area contributed by atoms with Crippen LogP contribution < -0.4 is 10.6 Å². The third-order valence-corrected chi connectivity index (χ3v) is 5.25. The van der Waals surface area contributed by atoms with Crippen LogP contribution in [0.4, 0.5) is 21.8 Å². The molecule has 3 aromatic rings. The quantitative estimate of drug-likeness (QED) is 0.605. The van der Waals surface area contributed by atoms with Gasteiger partial charge in [0.05, 0.1) is 16.8 Å². The van der Waals surface area contributed by atoms with Crippen LogP contribution in [0.3, 0.4) is 0 Å². The molecule has 0 radical (unpaired) electrons. The van der Waals surface area contributed by atoms with E-state index in [9.17, 15) is 9.50 Å². The maximum Gasteiger partial charge on any atom is 0.223 e. The van der Waals surface area contributed by atoms with E-state index in [4.69, 9.17) is 11.6 Å². The predicted octanol–water partition coefficient (Wildman–Crippen LogP) is 4.06. The molecule has 0 saturated heterocycles. The number of nitrogens with zero attached hydrogens (tertiary/aromatic N) is 4. The molecule has 1 fully saturated rings. The van der Waals surface area contributed by atoms with E-state index in [0.29, 0.717) is 28.5 Å². The number of fused-ring (bicyclic) bond motifs is 1. The molecule has 1 aromatic carbocycles. The van der Waals surface area contributed by atoms with Crippen molar-refractivity contribution in [2.75, 3.05) is 10.6 Å². The molecular weight excluding hydrogens is 383 g/mol. The Bertz CT molecular complexity index is 1000. The van der Waals surface area contributed by atoms with E-state index < -0.39 is 11.4 Å². The second kappa shape index (κ2) is 7.44. The van der Waals surface area contributed by atoms with Gasteiger partial charge in [0.1, 0.15) is 23.2 Å². The first kappa shape index (κ1) is 18.8. The third kappa shape index (κ3) is 4.13. The average Bonchev–Trinajstić information content (AvgIpc) is 2.67. The van der Waals surface area contributed by atoms with Crippen molar-refractivity contribution in [2.45, 2.75) is 44.2 Å². The van der Waals surface area contributed by atoms with E-state index in [-0.39, 0.29) is 11.1 Å². The maximum absolute atomic E-state index is 13.4. The fourth-order valence-electron chi connectivity index (χ4n) is 3.29. The van der Waals surface area contributed by atoms with Crippen LogP contribution in [0.2, 0.25) is 5.02 Å². The highest BCUT2D eigenvalue weighted by Gasteiger charge is 2.28. The van der Waals surface area contributed by atoms with Gasteiger partial charge in [0.15, 0.2) is 5.82 Å². The van der Waals surface area contributed by atoms with Crippen LogP contribution in [-0.2, 0) is 0 Å². The van der Waals surface area contributed by atoms with Crippen molar-refractivity contribution in [2.24, 2.45) is 0 Å². The molecular formula is C19H20ClFN6O. The standard InChI is InChI=1S/C19H20ClFN6O/c1-19(28)6-4-11(5-7-19)26-18-22-9-15-16(27-18)17(24-10-23-15)25-12-2-3-14(21)13(20)8-12/h2-3,8-11,28H,4-7H2,1H3,(H,22,26,27)(H,23,24,25). The summed E-state index contributed by atoms with van der Waals surface area (Å²) in [6, 6.07) is 4.55. The fourth-order valence-corrected chi connectivity index (χ4v) is 3.47. The predicted molar refractivity (Wildman–Crippen MR) is 106 cm³/mol. The van der Waals surface area contributed by atoms with Gasteiger partial charge in [-0.2, -0.15) is 0 Å². The van der Waals surface area contributed by atoms with Crippen molar-refractivity contribution in [3.05, 3.63) is 41.6 Å². The zero-order valence-electron chi connectivity index (χ0n) is 15.3. The Morgan fingerprint density at radius 1 is 1.21 bits per heavy atom. The minimum Gasteiger partial charge on any atom is -0.390 e. The van der Waals surface area contributed by atoms with Crippen LogP contribution in [0.25, 0.3) is 11.0 Å². The number of aromatic nitrogens is 4. The second-order valence-corrected chi connectivity index (χ2v) is 7.73. The molecule has 9 heteroatoms. The van der Waals surface area contributed by atoms with Crippen LogP contribution in [0, 0.1) is 5.82 Å². The van der Waals surface area contributed by atoms with E-state index in [1.807, 2.05) is 6.92 Å². The Balaban J connectivity index is 1.58. The van der Waals surface area contributed by atoms with Crippen LogP contribution in [0.15, 0.2) is 30.7 Å². The van der Waals surface area contributed by atoms with E-state index in [0.717, 1.165) is 25.7 Å². The smallest absolute Gasteiger partial charge is 0.223 e. The Morgan fingerprint density at radius 2 is 2.00 bits per heavy atom. The summed E-state index contributed by atoms with van der Waals surface area (Å²) in [5.41, 5.74) is 1.13. The van der Waals surface area contributed by atoms with Gasteiger partial charge in [0, 0.05) is 11.7 Å². The van der Waals surface area contributed by atoms with E-state index in [1.54, 1.807) is 12.3 Å². The normalized spacial score (nSPS) is 22.2. The molecule has 0 amide bonds. The van der Waals surface area contributed by atoms with E-state index >= 15 is 0 Å². The van der Waals surface area contributed by atoms with Gasteiger partial charge in [-0.1, -0.05) is 11.6 Å². The first-order valence-corrected chi connectivity index (χ1v) is 9.46. The largest absolute Gasteiger partial charge is 0.390 e. The molecule has 1 aliphatic rings. The Labute approximate surface area is 166 Å². The average molecular weight is 403 g/mol. The lowest BCUT2D eigenvalue weighted by Crippen LogP contribution is -2.36. The number of rotatable bonds is 4. The number of halogens is 2. The van der Waals surface area contributed by atoms with E-state index in [2.05, 4.69) is 30.6 Å². The monoisotopic (exact) mass is 402 g/mol. The van der Waals surface area contributed by atoms with Crippen molar-refractivity contribution in [3.8, 4) is 0 Å². The molecule has 0 spiro atoms. The Hall–Kier alpha value is -2.58. The number of hydrogen-bond acceptors (Lipinski definition) is 7. The highest BCUT2D eigenvalue weighted by Crippen LogP contribution is 2.30. The minimum atomic E-state index is -0.593. The molecule has 3 N–H and O–H groups in total. The summed E-state index contributed by atoms with van der Waals surface area (Å²) in [6.45, 7) is 1.87. The highest BCUT2D eigenvalue weighted by atomic mass is 35.5. The number of benzene rings is 1. The van der Waals surface area contributed by atoms with Crippen molar-refractivity contribution < 1.29 is 9.50 Å². The van der Waals surface area contributed by atoms with Crippen LogP contribution in [0.5, 0.6) is 0 Å². The van der Waals surface area contributed by atoms with Crippen LogP contribution in [-0.4, -0.2) is 36.7 Å². The van der Waals surface area contributed by atoms with Crippen LogP contribution >= 0.6 is 11.6 Å². The van der Waals surface area contributed by atoms with Gasteiger partial charge in [0.2, 0.25) is 5.95 Å². The molecule has 2 aromatic heterocycles. The van der Waals surface area contributed by atoms with Crippen molar-refractivity contribution in [3.63, 3.8) is 0 Å². The summed E-state index contributed by atoms with van der Waals surface area (Å²) >= 11 is 5.85. The molecule has 0 atom stereocenters. The number of hydrogen-bond donors (Lipinski definition) is 3. The Morgan fingerprint density at radius 3 is 2.75 bits per heavy atom. The second-order valence-electron chi connectivity index (χ2n) is 7.32. The molecule has 7 nitrogen and oxygen atoms in total. The van der Waals surface area contributed by atoms with Crippen molar-refractivity contribution in [1.29, 1.82) is 0 Å². The zero-order valence-corrected chi connectivity index (χ0v) is 16.0. The molecule has 1 aliphatic carbocycles. The summed E-state index contributed by atoms with van der Waals surface area (Å²) in [7, 11) is 0.